The SMILES string of the molecule is COc1ccc(Br)cc1/C=N/Nc1ccc(S(=O)(=O)N2CCCC2)cc1[N+](=O)[O-]. The summed E-state index contributed by atoms with van der Waals surface area (Å²) in [6.07, 6.45) is 3.03. The summed E-state index contributed by atoms with van der Waals surface area (Å²) in [4.78, 5) is 10.7. The highest BCUT2D eigenvalue weighted by molar-refractivity contribution is 9.10. The van der Waals surface area contributed by atoms with E-state index in [1.807, 2.05) is 6.07 Å². The maximum absolute atomic E-state index is 12.7. The maximum Gasteiger partial charge on any atom is 0.295 e. The van der Waals surface area contributed by atoms with Crippen molar-refractivity contribution in [3.05, 3.63) is 56.5 Å². The van der Waals surface area contributed by atoms with Crippen LogP contribution >= 0.6 is 15.9 Å². The molecule has 0 bridgehead atoms. The van der Waals surface area contributed by atoms with Crippen molar-refractivity contribution in [2.24, 2.45) is 5.10 Å². The number of sulfonamides is 1. The van der Waals surface area contributed by atoms with Gasteiger partial charge in [0.15, 0.2) is 0 Å². The molecule has 0 spiro atoms. The van der Waals surface area contributed by atoms with Crippen molar-refractivity contribution in [1.29, 1.82) is 0 Å². The lowest BCUT2D eigenvalue weighted by Crippen LogP contribution is -2.27. The summed E-state index contributed by atoms with van der Waals surface area (Å²) < 4.78 is 32.7. The van der Waals surface area contributed by atoms with E-state index in [1.165, 1.54) is 29.8 Å². The van der Waals surface area contributed by atoms with Crippen molar-refractivity contribution in [3.63, 3.8) is 0 Å². The van der Waals surface area contributed by atoms with Crippen LogP contribution in [0.3, 0.4) is 0 Å². The fourth-order valence-corrected chi connectivity index (χ4v) is 4.89. The molecule has 1 heterocycles. The van der Waals surface area contributed by atoms with Gasteiger partial charge in [-0.1, -0.05) is 15.9 Å². The molecule has 3 rings (SSSR count). The van der Waals surface area contributed by atoms with E-state index in [-0.39, 0.29) is 16.3 Å². The second kappa shape index (κ2) is 8.89. The summed E-state index contributed by atoms with van der Waals surface area (Å²) in [6, 6.07) is 9.10. The molecule has 0 atom stereocenters. The molecule has 0 aliphatic carbocycles. The van der Waals surface area contributed by atoms with Gasteiger partial charge in [-0.15, -0.1) is 0 Å². The number of ether oxygens (including phenoxy) is 1. The first-order valence-corrected chi connectivity index (χ1v) is 11.0. The van der Waals surface area contributed by atoms with Crippen molar-refractivity contribution < 1.29 is 18.1 Å². The van der Waals surface area contributed by atoms with Crippen LogP contribution in [-0.2, 0) is 10.0 Å². The van der Waals surface area contributed by atoms with Crippen LogP contribution in [0, 0.1) is 10.1 Å². The van der Waals surface area contributed by atoms with Crippen molar-refractivity contribution >= 4 is 43.5 Å². The lowest BCUT2D eigenvalue weighted by Gasteiger charge is -2.15. The molecule has 0 amide bonds. The number of methoxy groups -OCH3 is 1. The zero-order valence-electron chi connectivity index (χ0n) is 15.5. The van der Waals surface area contributed by atoms with Crippen molar-refractivity contribution in [2.45, 2.75) is 17.7 Å². The highest BCUT2D eigenvalue weighted by atomic mass is 79.9. The number of anilines is 1. The zero-order valence-corrected chi connectivity index (χ0v) is 17.9. The molecule has 0 aromatic heterocycles. The number of nitrogens with one attached hydrogen (secondary N) is 1. The molecule has 1 aliphatic rings. The van der Waals surface area contributed by atoms with Gasteiger partial charge in [0.25, 0.3) is 5.69 Å². The number of hydrazone groups is 1. The van der Waals surface area contributed by atoms with Crippen molar-refractivity contribution in [1.82, 2.24) is 4.31 Å². The lowest BCUT2D eigenvalue weighted by molar-refractivity contribution is -0.384. The molecule has 0 radical (unpaired) electrons. The summed E-state index contributed by atoms with van der Waals surface area (Å²) in [5.41, 5.74) is 2.98. The quantitative estimate of drug-likeness (QED) is 0.366. The molecule has 1 N–H and O–H groups in total. The van der Waals surface area contributed by atoms with Gasteiger partial charge >= 0.3 is 0 Å². The van der Waals surface area contributed by atoms with E-state index in [0.717, 1.165) is 23.4 Å². The Bertz CT molecular complexity index is 1050. The molecule has 0 unspecified atom stereocenters. The van der Waals surface area contributed by atoms with Crippen LogP contribution in [0.5, 0.6) is 5.75 Å². The van der Waals surface area contributed by atoms with Crippen LogP contribution in [0.2, 0.25) is 0 Å². The molecule has 1 saturated heterocycles. The maximum atomic E-state index is 12.7. The first-order valence-electron chi connectivity index (χ1n) is 8.74. The van der Waals surface area contributed by atoms with E-state index >= 15 is 0 Å². The van der Waals surface area contributed by atoms with E-state index in [4.69, 9.17) is 4.74 Å². The summed E-state index contributed by atoms with van der Waals surface area (Å²) in [7, 11) is -2.22. The molecule has 154 valence electrons. The molecule has 2 aromatic rings. The third-order valence-corrected chi connectivity index (χ3v) is 6.84. The standard InChI is InChI=1S/C18H19BrN4O5S/c1-28-18-7-4-14(19)10-13(18)12-20-21-16-6-5-15(11-17(16)23(24)25)29(26,27)22-8-2-3-9-22/h4-7,10-12,21H,2-3,8-9H2,1H3/b20-12+. The predicted octanol–water partition coefficient (Wildman–Crippen LogP) is 3.60. The molecule has 2 aromatic carbocycles. The number of hydrogen-bond acceptors (Lipinski definition) is 7. The van der Waals surface area contributed by atoms with Crippen LogP contribution in [-0.4, -0.2) is 44.1 Å². The minimum Gasteiger partial charge on any atom is -0.496 e. The second-order valence-electron chi connectivity index (χ2n) is 6.30. The molecule has 1 fully saturated rings. The largest absolute Gasteiger partial charge is 0.496 e. The van der Waals surface area contributed by atoms with Gasteiger partial charge in [-0.3, -0.25) is 15.5 Å². The second-order valence-corrected chi connectivity index (χ2v) is 9.16. The summed E-state index contributed by atoms with van der Waals surface area (Å²) >= 11 is 3.36. The van der Waals surface area contributed by atoms with Crippen molar-refractivity contribution in [2.75, 3.05) is 25.6 Å². The minimum absolute atomic E-state index is 0.0839. The van der Waals surface area contributed by atoms with Crippen molar-refractivity contribution in [3.8, 4) is 5.75 Å². The third kappa shape index (κ3) is 4.74. The van der Waals surface area contributed by atoms with Gasteiger partial charge in [-0.25, -0.2) is 8.42 Å². The zero-order chi connectivity index (χ0) is 21.0. The molecular weight excluding hydrogens is 464 g/mol. The number of nitro groups is 1. The van der Waals surface area contributed by atoms with Crippen LogP contribution in [0.4, 0.5) is 11.4 Å². The van der Waals surface area contributed by atoms with Gasteiger partial charge in [0.05, 0.1) is 23.1 Å². The van der Waals surface area contributed by atoms with Gasteiger partial charge in [0, 0.05) is 29.2 Å². The Morgan fingerprint density at radius 3 is 2.62 bits per heavy atom. The first-order chi connectivity index (χ1) is 13.8. The Kier molecular flexibility index (Phi) is 6.50. The monoisotopic (exact) mass is 482 g/mol. The van der Waals surface area contributed by atoms with Crippen LogP contribution in [0.25, 0.3) is 0 Å². The fourth-order valence-electron chi connectivity index (χ4n) is 2.97. The average Bonchev–Trinajstić information content (AvgIpc) is 3.24. The predicted molar refractivity (Wildman–Crippen MR) is 113 cm³/mol. The Labute approximate surface area is 176 Å². The minimum atomic E-state index is -3.75. The Morgan fingerprint density at radius 2 is 1.97 bits per heavy atom. The molecule has 0 saturated carbocycles. The smallest absolute Gasteiger partial charge is 0.295 e. The molecule has 11 heteroatoms. The Hall–Kier alpha value is -2.50. The number of hydrogen-bond donors (Lipinski definition) is 1. The summed E-state index contributed by atoms with van der Waals surface area (Å²) in [6.45, 7) is 0.851. The Morgan fingerprint density at radius 1 is 1.24 bits per heavy atom. The van der Waals surface area contributed by atoms with Crippen LogP contribution < -0.4 is 10.2 Å². The molecule has 9 nitrogen and oxygen atoms in total. The van der Waals surface area contributed by atoms with Gasteiger partial charge in [0.2, 0.25) is 10.0 Å². The molecular formula is C18H19BrN4O5S. The third-order valence-electron chi connectivity index (χ3n) is 4.45. The van der Waals surface area contributed by atoms with E-state index in [1.54, 1.807) is 12.1 Å². The summed E-state index contributed by atoms with van der Waals surface area (Å²) in [5.74, 6) is 0.584. The topological polar surface area (TPSA) is 114 Å². The summed E-state index contributed by atoms with van der Waals surface area (Å²) in [5, 5.41) is 15.5. The Balaban J connectivity index is 1.87. The number of benzene rings is 2. The number of nitro benzene ring substituents is 1. The molecule has 1 aliphatic heterocycles. The highest BCUT2D eigenvalue weighted by Gasteiger charge is 2.29. The van der Waals surface area contributed by atoms with E-state index in [9.17, 15) is 18.5 Å². The first kappa shape index (κ1) is 21.2. The normalized spacial score (nSPS) is 15.0. The lowest BCUT2D eigenvalue weighted by atomic mass is 10.2. The van der Waals surface area contributed by atoms with Gasteiger partial charge in [0.1, 0.15) is 11.4 Å². The van der Waals surface area contributed by atoms with Crippen LogP contribution in [0.1, 0.15) is 18.4 Å². The van der Waals surface area contributed by atoms with E-state index < -0.39 is 14.9 Å². The average molecular weight is 483 g/mol. The number of nitrogens with zero attached hydrogens (tertiary/aromatic N) is 3. The molecule has 29 heavy (non-hydrogen) atoms. The van der Waals surface area contributed by atoms with E-state index in [0.29, 0.717) is 24.4 Å². The van der Waals surface area contributed by atoms with Crippen LogP contribution in [0.15, 0.2) is 50.9 Å². The fraction of sp³-hybridized carbons (Fsp3) is 0.278. The van der Waals surface area contributed by atoms with Gasteiger partial charge in [-0.2, -0.15) is 9.41 Å². The van der Waals surface area contributed by atoms with Gasteiger partial charge in [-0.05, 0) is 43.2 Å². The highest BCUT2D eigenvalue weighted by Crippen LogP contribution is 2.30. The van der Waals surface area contributed by atoms with Gasteiger partial charge < -0.3 is 4.74 Å². The number of rotatable bonds is 7. The number of halogens is 1. The van der Waals surface area contributed by atoms with E-state index in [2.05, 4.69) is 26.5 Å².